The number of nitrogens with zero attached hydrogens (tertiary/aromatic N) is 2. The minimum atomic E-state index is -0.0406. The van der Waals surface area contributed by atoms with Crippen LogP contribution in [0.25, 0.3) is 11.3 Å². The van der Waals surface area contributed by atoms with Crippen LogP contribution in [0.15, 0.2) is 78.2 Å². The largest absolute Gasteiger partial charge is 0.490 e. The zero-order valence-electron chi connectivity index (χ0n) is 14.6. The van der Waals surface area contributed by atoms with E-state index in [1.807, 2.05) is 36.4 Å². The van der Waals surface area contributed by atoms with E-state index in [0.717, 1.165) is 16.9 Å². The van der Waals surface area contributed by atoms with Gasteiger partial charge in [-0.3, -0.25) is 4.79 Å². The summed E-state index contributed by atoms with van der Waals surface area (Å²) in [5, 5.41) is 0. The number of benzene rings is 2. The predicted molar refractivity (Wildman–Crippen MR) is 99.9 cm³/mol. The Kier molecular flexibility index (Phi) is 5.49. The van der Waals surface area contributed by atoms with E-state index in [4.69, 9.17) is 9.15 Å². The molecule has 0 saturated heterocycles. The molecule has 26 heavy (non-hydrogen) atoms. The van der Waals surface area contributed by atoms with Crippen LogP contribution in [0.4, 0.5) is 0 Å². The summed E-state index contributed by atoms with van der Waals surface area (Å²) in [5.41, 5.74) is 2.55. The summed E-state index contributed by atoms with van der Waals surface area (Å²) in [7, 11) is 1.79. The highest BCUT2D eigenvalue weighted by Crippen LogP contribution is 2.20. The lowest BCUT2D eigenvalue weighted by Crippen LogP contribution is -2.26. The first-order valence-corrected chi connectivity index (χ1v) is 8.24. The van der Waals surface area contributed by atoms with Crippen LogP contribution < -0.4 is 4.74 Å². The molecule has 5 heteroatoms. The first-order valence-electron chi connectivity index (χ1n) is 8.24. The van der Waals surface area contributed by atoms with E-state index in [9.17, 15) is 4.79 Å². The number of carbonyl (C=O) groups excluding carboxylic acids is 1. The maximum atomic E-state index is 12.6. The van der Waals surface area contributed by atoms with Gasteiger partial charge >= 0.3 is 0 Å². The predicted octanol–water partition coefficient (Wildman–Crippen LogP) is 4.18. The van der Waals surface area contributed by atoms with Crippen molar-refractivity contribution < 1.29 is 13.9 Å². The van der Waals surface area contributed by atoms with E-state index in [1.54, 1.807) is 36.4 Å². The number of amides is 1. The molecule has 0 N–H and O–H groups in total. The molecule has 0 saturated carbocycles. The van der Waals surface area contributed by atoms with Crippen LogP contribution in [0.1, 0.15) is 15.9 Å². The van der Waals surface area contributed by atoms with Crippen LogP contribution in [0, 0.1) is 0 Å². The Hall–Kier alpha value is -3.34. The van der Waals surface area contributed by atoms with Crippen molar-refractivity contribution in [1.29, 1.82) is 0 Å². The number of aromatic nitrogens is 1. The summed E-state index contributed by atoms with van der Waals surface area (Å²) in [6.45, 7) is 4.62. The average molecular weight is 348 g/mol. The van der Waals surface area contributed by atoms with E-state index in [-0.39, 0.29) is 5.91 Å². The van der Waals surface area contributed by atoms with E-state index >= 15 is 0 Å². The molecule has 1 aromatic heterocycles. The molecule has 3 rings (SSSR count). The first kappa shape index (κ1) is 17.5. The van der Waals surface area contributed by atoms with Crippen molar-refractivity contribution in [1.82, 2.24) is 9.88 Å². The molecule has 0 aliphatic heterocycles. The molecule has 0 fully saturated rings. The molecule has 0 unspecified atom stereocenters. The van der Waals surface area contributed by atoms with E-state index in [2.05, 4.69) is 11.6 Å². The number of hydrogen-bond acceptors (Lipinski definition) is 4. The van der Waals surface area contributed by atoms with Crippen molar-refractivity contribution in [2.75, 3.05) is 13.7 Å². The fourth-order valence-corrected chi connectivity index (χ4v) is 2.55. The molecule has 2 aromatic carbocycles. The third kappa shape index (κ3) is 4.19. The molecular formula is C21H20N2O3. The van der Waals surface area contributed by atoms with Gasteiger partial charge in [-0.1, -0.05) is 36.9 Å². The Bertz CT molecular complexity index is 853. The van der Waals surface area contributed by atoms with Gasteiger partial charge < -0.3 is 14.1 Å². The van der Waals surface area contributed by atoms with Crippen molar-refractivity contribution in [3.05, 3.63) is 84.9 Å². The summed E-state index contributed by atoms with van der Waals surface area (Å²) < 4.78 is 10.7. The number of oxazole rings is 1. The fraction of sp³-hybridized carbons (Fsp3) is 0.143. The van der Waals surface area contributed by atoms with Crippen molar-refractivity contribution in [2.24, 2.45) is 0 Å². The maximum absolute atomic E-state index is 12.6. The fourth-order valence-electron chi connectivity index (χ4n) is 2.55. The van der Waals surface area contributed by atoms with Gasteiger partial charge in [-0.05, 0) is 29.8 Å². The first-order chi connectivity index (χ1) is 12.7. The Morgan fingerprint density at radius 1 is 1.19 bits per heavy atom. The van der Waals surface area contributed by atoms with Gasteiger partial charge in [0.25, 0.3) is 5.91 Å². The molecule has 3 aromatic rings. The lowest BCUT2D eigenvalue weighted by molar-refractivity contribution is 0.0785. The highest BCUT2D eigenvalue weighted by molar-refractivity contribution is 5.94. The SMILES string of the molecule is C=CCOc1ccc(CN(C)C(=O)c2ccc(-c3cnco3)cc2)cc1. The van der Waals surface area contributed by atoms with Crippen molar-refractivity contribution >= 4 is 5.91 Å². The van der Waals surface area contributed by atoms with Crippen molar-refractivity contribution in [3.8, 4) is 17.1 Å². The minimum absolute atomic E-state index is 0.0406. The molecule has 0 bridgehead atoms. The second kappa shape index (κ2) is 8.16. The maximum Gasteiger partial charge on any atom is 0.253 e. The third-order valence-corrected chi connectivity index (χ3v) is 3.91. The van der Waals surface area contributed by atoms with Gasteiger partial charge in [0.1, 0.15) is 12.4 Å². The molecule has 0 spiro atoms. The van der Waals surface area contributed by atoms with Gasteiger partial charge in [-0.15, -0.1) is 0 Å². The number of carbonyl (C=O) groups is 1. The van der Waals surface area contributed by atoms with Crippen LogP contribution in [-0.4, -0.2) is 29.4 Å². The Labute approximate surface area is 152 Å². The molecule has 0 aliphatic rings. The lowest BCUT2D eigenvalue weighted by Gasteiger charge is -2.17. The van der Waals surface area contributed by atoms with Gasteiger partial charge in [0.05, 0.1) is 6.20 Å². The van der Waals surface area contributed by atoms with Gasteiger partial charge in [-0.25, -0.2) is 4.98 Å². The molecule has 1 amide bonds. The van der Waals surface area contributed by atoms with Crippen molar-refractivity contribution in [2.45, 2.75) is 6.54 Å². The lowest BCUT2D eigenvalue weighted by atomic mass is 10.1. The number of hydrogen-bond donors (Lipinski definition) is 0. The van der Waals surface area contributed by atoms with Gasteiger partial charge in [-0.2, -0.15) is 0 Å². The standard InChI is InChI=1S/C21H20N2O3/c1-3-12-25-19-10-4-16(5-11-19)14-23(2)21(24)18-8-6-17(7-9-18)20-13-22-15-26-20/h3-11,13,15H,1,12,14H2,2H3. The Morgan fingerprint density at radius 2 is 1.92 bits per heavy atom. The van der Waals surface area contributed by atoms with Gasteiger partial charge in [0.15, 0.2) is 12.2 Å². The highest BCUT2D eigenvalue weighted by atomic mass is 16.5. The second-order valence-corrected chi connectivity index (χ2v) is 5.85. The summed E-state index contributed by atoms with van der Waals surface area (Å²) in [4.78, 5) is 18.2. The van der Waals surface area contributed by atoms with E-state index < -0.39 is 0 Å². The van der Waals surface area contributed by atoms with Gasteiger partial charge in [0.2, 0.25) is 0 Å². The molecule has 0 atom stereocenters. The van der Waals surface area contributed by atoms with E-state index in [0.29, 0.717) is 24.5 Å². The molecular weight excluding hydrogens is 328 g/mol. The molecule has 0 aliphatic carbocycles. The molecule has 132 valence electrons. The average Bonchev–Trinajstić information content (AvgIpc) is 3.22. The van der Waals surface area contributed by atoms with Crippen LogP contribution in [0.2, 0.25) is 0 Å². The van der Waals surface area contributed by atoms with Crippen molar-refractivity contribution in [3.63, 3.8) is 0 Å². The van der Waals surface area contributed by atoms with Gasteiger partial charge in [0, 0.05) is 24.7 Å². The molecule has 0 radical (unpaired) electrons. The quantitative estimate of drug-likeness (QED) is 0.601. The molecule has 5 nitrogen and oxygen atoms in total. The highest BCUT2D eigenvalue weighted by Gasteiger charge is 2.13. The summed E-state index contributed by atoms with van der Waals surface area (Å²) in [5.74, 6) is 1.42. The number of rotatable bonds is 7. The van der Waals surface area contributed by atoms with E-state index in [1.165, 1.54) is 6.39 Å². The normalized spacial score (nSPS) is 10.3. The number of ether oxygens (including phenoxy) is 1. The van der Waals surface area contributed by atoms with Crippen LogP contribution in [-0.2, 0) is 6.54 Å². The monoisotopic (exact) mass is 348 g/mol. The summed E-state index contributed by atoms with van der Waals surface area (Å²) in [6.07, 6.45) is 4.73. The zero-order valence-corrected chi connectivity index (χ0v) is 14.6. The second-order valence-electron chi connectivity index (χ2n) is 5.85. The zero-order chi connectivity index (χ0) is 18.4. The Morgan fingerprint density at radius 3 is 2.54 bits per heavy atom. The smallest absolute Gasteiger partial charge is 0.253 e. The van der Waals surface area contributed by atoms with Crippen LogP contribution in [0.3, 0.4) is 0 Å². The summed E-state index contributed by atoms with van der Waals surface area (Å²) >= 11 is 0. The Balaban J connectivity index is 1.63. The van der Waals surface area contributed by atoms with Crippen LogP contribution >= 0.6 is 0 Å². The minimum Gasteiger partial charge on any atom is -0.490 e. The molecule has 1 heterocycles. The third-order valence-electron chi connectivity index (χ3n) is 3.91. The summed E-state index contributed by atoms with van der Waals surface area (Å²) in [6, 6.07) is 15.0. The topological polar surface area (TPSA) is 55.6 Å². The van der Waals surface area contributed by atoms with Crippen LogP contribution in [0.5, 0.6) is 5.75 Å².